The second kappa shape index (κ2) is 4.87. The number of hydrogen-bond donors (Lipinski definition) is 0. The van der Waals surface area contributed by atoms with Crippen LogP contribution in [-0.4, -0.2) is 9.55 Å². The molecule has 0 fully saturated rings. The van der Waals surface area contributed by atoms with Gasteiger partial charge in [0.1, 0.15) is 10.5 Å². The highest BCUT2D eigenvalue weighted by molar-refractivity contribution is 9.10. The van der Waals surface area contributed by atoms with Crippen molar-refractivity contribution in [3.05, 3.63) is 57.6 Å². The van der Waals surface area contributed by atoms with E-state index in [4.69, 9.17) is 12.2 Å². The fourth-order valence-electron chi connectivity index (χ4n) is 2.18. The van der Waals surface area contributed by atoms with Crippen molar-refractivity contribution >= 4 is 39.1 Å². The zero-order valence-corrected chi connectivity index (χ0v) is 12.7. The molecule has 94 valence electrons. The number of rotatable bonds is 1. The molecule has 0 amide bonds. The minimum atomic E-state index is 0.642. The molecule has 0 aliphatic heterocycles. The molecule has 0 bridgehead atoms. The van der Waals surface area contributed by atoms with Gasteiger partial charge in [0.25, 0.3) is 0 Å². The molecule has 19 heavy (non-hydrogen) atoms. The molecule has 4 heteroatoms. The number of benzene rings is 2. The van der Waals surface area contributed by atoms with Crippen molar-refractivity contribution in [1.82, 2.24) is 9.55 Å². The molecule has 0 aliphatic carbocycles. The molecule has 2 nitrogen and oxygen atoms in total. The maximum Gasteiger partial charge on any atom is 0.141 e. The first-order chi connectivity index (χ1) is 9.16. The lowest BCUT2D eigenvalue weighted by Crippen LogP contribution is -2.02. The molecule has 0 spiro atoms. The van der Waals surface area contributed by atoms with E-state index in [1.54, 1.807) is 0 Å². The minimum Gasteiger partial charge on any atom is -0.328 e. The van der Waals surface area contributed by atoms with Crippen LogP contribution in [-0.2, 0) is 7.05 Å². The smallest absolute Gasteiger partial charge is 0.141 e. The summed E-state index contributed by atoms with van der Waals surface area (Å²) in [5.74, 6) is 0.880. The standard InChI is InChI=1S/C15H11BrN2S/c1-18-13-8-3-2-7-12(13)15(19)17-14(18)10-5-4-6-11(16)9-10/h2-9H,1H3. The van der Waals surface area contributed by atoms with Crippen molar-refractivity contribution in [3.8, 4) is 11.4 Å². The average Bonchev–Trinajstić information content (AvgIpc) is 2.43. The Labute approximate surface area is 124 Å². The highest BCUT2D eigenvalue weighted by atomic mass is 79.9. The zero-order valence-electron chi connectivity index (χ0n) is 10.3. The van der Waals surface area contributed by atoms with E-state index in [-0.39, 0.29) is 0 Å². The maximum absolute atomic E-state index is 5.40. The van der Waals surface area contributed by atoms with Gasteiger partial charge in [-0.2, -0.15) is 0 Å². The third-order valence-electron chi connectivity index (χ3n) is 3.10. The first kappa shape index (κ1) is 12.5. The Morgan fingerprint density at radius 2 is 1.89 bits per heavy atom. The van der Waals surface area contributed by atoms with Gasteiger partial charge in [0.05, 0.1) is 5.52 Å². The maximum atomic E-state index is 5.40. The molecule has 0 unspecified atom stereocenters. The van der Waals surface area contributed by atoms with E-state index in [0.717, 1.165) is 26.8 Å². The van der Waals surface area contributed by atoms with Crippen LogP contribution in [0, 0.1) is 4.64 Å². The minimum absolute atomic E-state index is 0.642. The number of aromatic nitrogens is 2. The predicted molar refractivity (Wildman–Crippen MR) is 84.7 cm³/mol. The zero-order chi connectivity index (χ0) is 13.4. The van der Waals surface area contributed by atoms with Gasteiger partial charge in [0.2, 0.25) is 0 Å². The fourth-order valence-corrected chi connectivity index (χ4v) is 2.84. The summed E-state index contributed by atoms with van der Waals surface area (Å²) in [6.07, 6.45) is 0. The van der Waals surface area contributed by atoms with Crippen LogP contribution in [0.2, 0.25) is 0 Å². The van der Waals surface area contributed by atoms with Crippen LogP contribution < -0.4 is 0 Å². The third-order valence-corrected chi connectivity index (χ3v) is 3.91. The van der Waals surface area contributed by atoms with Crippen LogP contribution in [0.1, 0.15) is 0 Å². The lowest BCUT2D eigenvalue weighted by Gasteiger charge is -2.12. The number of fused-ring (bicyclic) bond motifs is 1. The third kappa shape index (κ3) is 2.22. The molecule has 1 heterocycles. The lowest BCUT2D eigenvalue weighted by molar-refractivity contribution is 0.921. The predicted octanol–water partition coefficient (Wildman–Crippen LogP) is 4.73. The van der Waals surface area contributed by atoms with Gasteiger partial charge in [0, 0.05) is 22.5 Å². The summed E-state index contributed by atoms with van der Waals surface area (Å²) < 4.78 is 3.75. The van der Waals surface area contributed by atoms with Crippen molar-refractivity contribution in [3.63, 3.8) is 0 Å². The van der Waals surface area contributed by atoms with Crippen LogP contribution in [0.3, 0.4) is 0 Å². The normalized spacial score (nSPS) is 10.8. The molecular formula is C15H11BrN2S. The van der Waals surface area contributed by atoms with E-state index >= 15 is 0 Å². The molecule has 0 N–H and O–H groups in total. The van der Waals surface area contributed by atoms with Gasteiger partial charge in [-0.15, -0.1) is 0 Å². The molecule has 2 aromatic carbocycles. The SMILES string of the molecule is Cn1c(-c2cccc(Br)c2)nc(=S)c2ccccc21. The van der Waals surface area contributed by atoms with E-state index in [1.807, 2.05) is 49.5 Å². The van der Waals surface area contributed by atoms with Crippen LogP contribution in [0.5, 0.6) is 0 Å². The van der Waals surface area contributed by atoms with E-state index in [9.17, 15) is 0 Å². The van der Waals surface area contributed by atoms with Gasteiger partial charge in [0.15, 0.2) is 0 Å². The van der Waals surface area contributed by atoms with Gasteiger partial charge in [-0.05, 0) is 24.3 Å². The quantitative estimate of drug-likeness (QED) is 0.600. The Morgan fingerprint density at radius 1 is 1.11 bits per heavy atom. The van der Waals surface area contributed by atoms with E-state index < -0.39 is 0 Å². The first-order valence-electron chi connectivity index (χ1n) is 5.88. The molecule has 0 radical (unpaired) electrons. The van der Waals surface area contributed by atoms with Gasteiger partial charge in [-0.1, -0.05) is 52.4 Å². The van der Waals surface area contributed by atoms with Gasteiger partial charge in [-0.3, -0.25) is 0 Å². The largest absolute Gasteiger partial charge is 0.328 e. The molecular weight excluding hydrogens is 320 g/mol. The lowest BCUT2D eigenvalue weighted by atomic mass is 10.2. The molecule has 3 rings (SSSR count). The number of nitrogens with zero attached hydrogens (tertiary/aromatic N) is 2. The number of halogens is 1. The van der Waals surface area contributed by atoms with Crippen molar-refractivity contribution in [2.45, 2.75) is 0 Å². The molecule has 1 aromatic heterocycles. The fraction of sp³-hybridized carbons (Fsp3) is 0.0667. The average molecular weight is 331 g/mol. The summed E-state index contributed by atoms with van der Waals surface area (Å²) in [4.78, 5) is 4.57. The summed E-state index contributed by atoms with van der Waals surface area (Å²) in [5, 5.41) is 1.01. The topological polar surface area (TPSA) is 17.8 Å². The summed E-state index contributed by atoms with van der Waals surface area (Å²) in [6, 6.07) is 16.2. The Kier molecular flexibility index (Phi) is 3.21. The highest BCUT2D eigenvalue weighted by Gasteiger charge is 2.07. The van der Waals surface area contributed by atoms with Gasteiger partial charge < -0.3 is 4.57 Å². The monoisotopic (exact) mass is 330 g/mol. The Bertz CT molecular complexity index is 824. The Hall–Kier alpha value is -1.52. The Balaban J connectivity index is 2.37. The van der Waals surface area contributed by atoms with Crippen molar-refractivity contribution in [2.24, 2.45) is 7.05 Å². The van der Waals surface area contributed by atoms with Crippen LogP contribution in [0.4, 0.5) is 0 Å². The number of hydrogen-bond acceptors (Lipinski definition) is 2. The van der Waals surface area contributed by atoms with Crippen LogP contribution in [0.25, 0.3) is 22.3 Å². The van der Waals surface area contributed by atoms with Gasteiger partial charge in [-0.25, -0.2) is 4.98 Å². The van der Waals surface area contributed by atoms with E-state index in [1.165, 1.54) is 0 Å². The van der Waals surface area contributed by atoms with Crippen LogP contribution >= 0.6 is 28.1 Å². The van der Waals surface area contributed by atoms with Crippen molar-refractivity contribution in [1.29, 1.82) is 0 Å². The number of aryl methyl sites for hydroxylation is 1. The summed E-state index contributed by atoms with van der Waals surface area (Å²) in [6.45, 7) is 0. The summed E-state index contributed by atoms with van der Waals surface area (Å²) in [5.41, 5.74) is 2.14. The first-order valence-corrected chi connectivity index (χ1v) is 7.08. The van der Waals surface area contributed by atoms with Crippen LogP contribution in [0.15, 0.2) is 53.0 Å². The summed E-state index contributed by atoms with van der Waals surface area (Å²) >= 11 is 8.89. The molecule has 0 aliphatic rings. The highest BCUT2D eigenvalue weighted by Crippen LogP contribution is 2.24. The van der Waals surface area contributed by atoms with Crippen molar-refractivity contribution < 1.29 is 0 Å². The van der Waals surface area contributed by atoms with E-state index in [0.29, 0.717) is 4.64 Å². The molecule has 0 saturated heterocycles. The summed E-state index contributed by atoms with van der Waals surface area (Å²) in [7, 11) is 2.01. The molecule has 0 saturated carbocycles. The van der Waals surface area contributed by atoms with Gasteiger partial charge >= 0.3 is 0 Å². The second-order valence-corrected chi connectivity index (χ2v) is 5.63. The Morgan fingerprint density at radius 3 is 2.68 bits per heavy atom. The second-order valence-electron chi connectivity index (χ2n) is 4.33. The van der Waals surface area contributed by atoms with E-state index in [2.05, 4.69) is 31.5 Å². The molecule has 0 atom stereocenters. The molecule has 3 aromatic rings. The number of para-hydroxylation sites is 1. The van der Waals surface area contributed by atoms with Crippen molar-refractivity contribution in [2.75, 3.05) is 0 Å².